The molecule has 3 heteroatoms. The minimum Gasteiger partial charge on any atom is -0.378 e. The Hall–Kier alpha value is -0.120. The highest BCUT2D eigenvalue weighted by Crippen LogP contribution is 2.20. The van der Waals surface area contributed by atoms with E-state index in [1.807, 2.05) is 0 Å². The first kappa shape index (κ1) is 15.3. The van der Waals surface area contributed by atoms with Crippen LogP contribution in [-0.2, 0) is 4.74 Å². The van der Waals surface area contributed by atoms with Crippen molar-refractivity contribution < 1.29 is 4.74 Å². The molecule has 2 fully saturated rings. The van der Waals surface area contributed by atoms with Crippen LogP contribution in [0.1, 0.15) is 58.8 Å². The maximum atomic E-state index is 5.96. The third-order valence-corrected chi connectivity index (χ3v) is 4.61. The summed E-state index contributed by atoms with van der Waals surface area (Å²) >= 11 is 0. The molecule has 1 heterocycles. The van der Waals surface area contributed by atoms with E-state index < -0.39 is 0 Å². The lowest BCUT2D eigenvalue weighted by Crippen LogP contribution is -2.35. The van der Waals surface area contributed by atoms with Crippen LogP contribution >= 0.6 is 0 Å². The SMILES string of the molecule is CC(C)N1CCC(NCCCOC2CCCCC2)C1. The monoisotopic (exact) mass is 268 g/mol. The van der Waals surface area contributed by atoms with Gasteiger partial charge in [0.25, 0.3) is 0 Å². The van der Waals surface area contributed by atoms with E-state index in [1.54, 1.807) is 0 Å². The number of rotatable bonds is 7. The van der Waals surface area contributed by atoms with Crippen molar-refractivity contribution in [3.05, 3.63) is 0 Å². The predicted molar refractivity (Wildman–Crippen MR) is 80.6 cm³/mol. The predicted octanol–water partition coefficient (Wildman–Crippen LogP) is 2.80. The second kappa shape index (κ2) is 8.23. The maximum Gasteiger partial charge on any atom is 0.0575 e. The molecule has 1 aliphatic heterocycles. The Morgan fingerprint density at radius 1 is 1.16 bits per heavy atom. The number of hydrogen-bond acceptors (Lipinski definition) is 3. The second-order valence-electron chi connectivity index (χ2n) is 6.51. The van der Waals surface area contributed by atoms with E-state index in [1.165, 1.54) is 51.6 Å². The summed E-state index contributed by atoms with van der Waals surface area (Å²) in [6.45, 7) is 9.12. The maximum absolute atomic E-state index is 5.96. The molecule has 19 heavy (non-hydrogen) atoms. The van der Waals surface area contributed by atoms with Crippen molar-refractivity contribution in [2.24, 2.45) is 0 Å². The van der Waals surface area contributed by atoms with Crippen molar-refractivity contribution >= 4 is 0 Å². The lowest BCUT2D eigenvalue weighted by molar-refractivity contribution is 0.0271. The van der Waals surface area contributed by atoms with Gasteiger partial charge in [-0.1, -0.05) is 19.3 Å². The lowest BCUT2D eigenvalue weighted by atomic mass is 9.98. The number of ether oxygens (including phenoxy) is 1. The number of nitrogens with one attached hydrogen (secondary N) is 1. The molecular formula is C16H32N2O. The van der Waals surface area contributed by atoms with Crippen LogP contribution in [-0.4, -0.2) is 49.3 Å². The summed E-state index contributed by atoms with van der Waals surface area (Å²) in [6.07, 6.45) is 9.77. The van der Waals surface area contributed by atoms with Gasteiger partial charge in [-0.2, -0.15) is 0 Å². The van der Waals surface area contributed by atoms with Gasteiger partial charge < -0.3 is 10.1 Å². The number of nitrogens with zero attached hydrogens (tertiary/aromatic N) is 1. The molecule has 1 saturated carbocycles. The zero-order chi connectivity index (χ0) is 13.5. The van der Waals surface area contributed by atoms with Gasteiger partial charge in [0.1, 0.15) is 0 Å². The summed E-state index contributed by atoms with van der Waals surface area (Å²) < 4.78 is 5.96. The molecule has 0 aromatic heterocycles. The van der Waals surface area contributed by atoms with Gasteiger partial charge in [-0.05, 0) is 52.6 Å². The summed E-state index contributed by atoms with van der Waals surface area (Å²) in [5, 5.41) is 3.68. The van der Waals surface area contributed by atoms with Crippen molar-refractivity contribution in [2.75, 3.05) is 26.2 Å². The normalized spacial score (nSPS) is 26.4. The highest BCUT2D eigenvalue weighted by Gasteiger charge is 2.23. The Kier molecular flexibility index (Phi) is 6.62. The molecule has 1 N–H and O–H groups in total. The molecule has 1 atom stereocenters. The highest BCUT2D eigenvalue weighted by atomic mass is 16.5. The van der Waals surface area contributed by atoms with E-state index in [4.69, 9.17) is 4.74 Å². The van der Waals surface area contributed by atoms with Gasteiger partial charge >= 0.3 is 0 Å². The van der Waals surface area contributed by atoms with Crippen LogP contribution in [0, 0.1) is 0 Å². The van der Waals surface area contributed by atoms with E-state index in [0.29, 0.717) is 18.2 Å². The molecule has 1 saturated heterocycles. The van der Waals surface area contributed by atoms with Crippen LogP contribution in [0.2, 0.25) is 0 Å². The smallest absolute Gasteiger partial charge is 0.0575 e. The van der Waals surface area contributed by atoms with Crippen LogP contribution in [0.4, 0.5) is 0 Å². The van der Waals surface area contributed by atoms with Gasteiger partial charge in [0.15, 0.2) is 0 Å². The third kappa shape index (κ3) is 5.41. The average molecular weight is 268 g/mol. The Morgan fingerprint density at radius 2 is 1.95 bits per heavy atom. The average Bonchev–Trinajstić information content (AvgIpc) is 2.89. The molecule has 1 aliphatic carbocycles. The molecule has 2 aliphatic rings. The van der Waals surface area contributed by atoms with E-state index in [-0.39, 0.29) is 0 Å². The van der Waals surface area contributed by atoms with Crippen LogP contribution in [0.3, 0.4) is 0 Å². The molecule has 0 aromatic rings. The fourth-order valence-corrected chi connectivity index (χ4v) is 3.28. The largest absolute Gasteiger partial charge is 0.378 e. The topological polar surface area (TPSA) is 24.5 Å². The molecular weight excluding hydrogens is 236 g/mol. The Balaban J connectivity index is 1.46. The van der Waals surface area contributed by atoms with Gasteiger partial charge in [-0.25, -0.2) is 0 Å². The molecule has 2 rings (SSSR count). The quantitative estimate of drug-likeness (QED) is 0.719. The molecule has 1 unspecified atom stereocenters. The lowest BCUT2D eigenvalue weighted by Gasteiger charge is -2.22. The molecule has 112 valence electrons. The standard InChI is InChI=1S/C16H32N2O/c1-14(2)18-11-9-15(13-18)17-10-6-12-19-16-7-4-3-5-8-16/h14-17H,3-13H2,1-2H3. The van der Waals surface area contributed by atoms with E-state index in [2.05, 4.69) is 24.1 Å². The molecule has 3 nitrogen and oxygen atoms in total. The van der Waals surface area contributed by atoms with Crippen LogP contribution < -0.4 is 5.32 Å². The first-order valence-corrected chi connectivity index (χ1v) is 8.34. The van der Waals surface area contributed by atoms with Crippen LogP contribution in [0.25, 0.3) is 0 Å². The van der Waals surface area contributed by atoms with Crippen LogP contribution in [0.5, 0.6) is 0 Å². The van der Waals surface area contributed by atoms with Crippen molar-refractivity contribution in [1.29, 1.82) is 0 Å². The first-order chi connectivity index (χ1) is 9.25. The molecule has 0 spiro atoms. The zero-order valence-electron chi connectivity index (χ0n) is 12.9. The second-order valence-corrected chi connectivity index (χ2v) is 6.51. The summed E-state index contributed by atoms with van der Waals surface area (Å²) in [5.74, 6) is 0. The van der Waals surface area contributed by atoms with E-state index in [0.717, 1.165) is 19.6 Å². The number of likely N-dealkylation sites (tertiary alicyclic amines) is 1. The molecule has 0 aromatic carbocycles. The van der Waals surface area contributed by atoms with Crippen molar-refractivity contribution in [2.45, 2.75) is 77.0 Å². The Labute approximate surface area is 119 Å². The summed E-state index contributed by atoms with van der Waals surface area (Å²) in [6, 6.07) is 1.40. The third-order valence-electron chi connectivity index (χ3n) is 4.61. The molecule has 0 radical (unpaired) electrons. The van der Waals surface area contributed by atoms with Gasteiger partial charge in [-0.3, -0.25) is 4.90 Å². The van der Waals surface area contributed by atoms with Gasteiger partial charge in [0.05, 0.1) is 6.10 Å². The number of hydrogen-bond donors (Lipinski definition) is 1. The van der Waals surface area contributed by atoms with Crippen molar-refractivity contribution in [1.82, 2.24) is 10.2 Å². The summed E-state index contributed by atoms with van der Waals surface area (Å²) in [5.41, 5.74) is 0. The minimum atomic E-state index is 0.566. The van der Waals surface area contributed by atoms with Crippen LogP contribution in [0.15, 0.2) is 0 Å². The van der Waals surface area contributed by atoms with E-state index in [9.17, 15) is 0 Å². The zero-order valence-corrected chi connectivity index (χ0v) is 12.9. The highest BCUT2D eigenvalue weighted by molar-refractivity contribution is 4.82. The minimum absolute atomic E-state index is 0.566. The Bertz CT molecular complexity index is 239. The fourth-order valence-electron chi connectivity index (χ4n) is 3.28. The van der Waals surface area contributed by atoms with Gasteiger partial charge in [-0.15, -0.1) is 0 Å². The van der Waals surface area contributed by atoms with Crippen molar-refractivity contribution in [3.8, 4) is 0 Å². The Morgan fingerprint density at radius 3 is 2.63 bits per heavy atom. The van der Waals surface area contributed by atoms with Gasteiger partial charge in [0.2, 0.25) is 0 Å². The van der Waals surface area contributed by atoms with Gasteiger partial charge in [0, 0.05) is 25.2 Å². The van der Waals surface area contributed by atoms with Crippen molar-refractivity contribution in [3.63, 3.8) is 0 Å². The molecule has 0 bridgehead atoms. The molecule has 0 amide bonds. The fraction of sp³-hybridized carbons (Fsp3) is 1.00. The summed E-state index contributed by atoms with van der Waals surface area (Å²) in [4.78, 5) is 2.57. The van der Waals surface area contributed by atoms with E-state index >= 15 is 0 Å². The first-order valence-electron chi connectivity index (χ1n) is 8.34. The summed E-state index contributed by atoms with van der Waals surface area (Å²) in [7, 11) is 0.